The van der Waals surface area contributed by atoms with Crippen LogP contribution in [-0.4, -0.2) is 20.4 Å². The maximum absolute atomic E-state index is 11.9. The Bertz CT molecular complexity index is 679. The summed E-state index contributed by atoms with van der Waals surface area (Å²) in [5.74, 6) is 0.164. The van der Waals surface area contributed by atoms with Crippen LogP contribution in [0.4, 0.5) is 5.82 Å². The Morgan fingerprint density at radius 1 is 1.40 bits per heavy atom. The van der Waals surface area contributed by atoms with Crippen molar-refractivity contribution in [2.75, 3.05) is 5.32 Å². The van der Waals surface area contributed by atoms with Crippen molar-refractivity contribution in [1.29, 1.82) is 0 Å². The van der Waals surface area contributed by atoms with Crippen LogP contribution in [-0.2, 0) is 17.8 Å². The SMILES string of the molecule is CCc1cc(=O)n(CC(=O)Nc2cccc(C)n2)cn1. The van der Waals surface area contributed by atoms with Crippen LogP contribution in [0.5, 0.6) is 0 Å². The maximum Gasteiger partial charge on any atom is 0.253 e. The van der Waals surface area contributed by atoms with Crippen molar-refractivity contribution in [3.63, 3.8) is 0 Å². The molecular weight excluding hydrogens is 256 g/mol. The van der Waals surface area contributed by atoms with Gasteiger partial charge in [0.05, 0.1) is 6.33 Å². The maximum atomic E-state index is 11.9. The van der Waals surface area contributed by atoms with E-state index in [0.29, 0.717) is 17.9 Å². The summed E-state index contributed by atoms with van der Waals surface area (Å²) < 4.78 is 1.27. The van der Waals surface area contributed by atoms with Crippen molar-refractivity contribution in [1.82, 2.24) is 14.5 Å². The van der Waals surface area contributed by atoms with Gasteiger partial charge in [-0.05, 0) is 25.5 Å². The topological polar surface area (TPSA) is 76.9 Å². The number of nitrogens with one attached hydrogen (secondary N) is 1. The predicted molar refractivity (Wildman–Crippen MR) is 75.5 cm³/mol. The molecule has 0 aliphatic rings. The fourth-order valence-corrected chi connectivity index (χ4v) is 1.73. The van der Waals surface area contributed by atoms with Crippen molar-refractivity contribution < 1.29 is 4.79 Å². The zero-order valence-electron chi connectivity index (χ0n) is 11.5. The number of rotatable bonds is 4. The van der Waals surface area contributed by atoms with Crippen LogP contribution in [0.25, 0.3) is 0 Å². The van der Waals surface area contributed by atoms with Crippen molar-refractivity contribution >= 4 is 11.7 Å². The summed E-state index contributed by atoms with van der Waals surface area (Å²) in [5.41, 5.74) is 1.30. The zero-order valence-corrected chi connectivity index (χ0v) is 11.5. The van der Waals surface area contributed by atoms with Crippen LogP contribution in [0, 0.1) is 6.92 Å². The van der Waals surface area contributed by atoms with Gasteiger partial charge in [-0.25, -0.2) is 9.97 Å². The van der Waals surface area contributed by atoms with Gasteiger partial charge in [0.15, 0.2) is 0 Å². The smallest absolute Gasteiger partial charge is 0.253 e. The van der Waals surface area contributed by atoms with Crippen LogP contribution in [0.3, 0.4) is 0 Å². The number of anilines is 1. The molecule has 0 fully saturated rings. The Kier molecular flexibility index (Phi) is 4.24. The second kappa shape index (κ2) is 6.10. The van der Waals surface area contributed by atoms with E-state index in [1.807, 2.05) is 26.0 Å². The first kappa shape index (κ1) is 13.9. The fraction of sp³-hybridized carbons (Fsp3) is 0.286. The van der Waals surface area contributed by atoms with Crippen LogP contribution in [0.1, 0.15) is 18.3 Å². The summed E-state index contributed by atoms with van der Waals surface area (Å²) in [5, 5.41) is 2.65. The third kappa shape index (κ3) is 3.50. The number of hydrogen-bond donors (Lipinski definition) is 1. The lowest BCUT2D eigenvalue weighted by Crippen LogP contribution is -2.28. The van der Waals surface area contributed by atoms with Crippen LogP contribution in [0.2, 0.25) is 0 Å². The zero-order chi connectivity index (χ0) is 14.5. The molecule has 0 bridgehead atoms. The molecule has 6 nitrogen and oxygen atoms in total. The molecule has 2 aromatic rings. The van der Waals surface area contributed by atoms with Gasteiger partial charge in [0.25, 0.3) is 5.56 Å². The Balaban J connectivity index is 2.07. The molecule has 0 saturated heterocycles. The van der Waals surface area contributed by atoms with Crippen molar-refractivity contribution in [2.24, 2.45) is 0 Å². The summed E-state index contributed by atoms with van der Waals surface area (Å²) in [6.07, 6.45) is 2.08. The summed E-state index contributed by atoms with van der Waals surface area (Å²) in [6, 6.07) is 6.79. The summed E-state index contributed by atoms with van der Waals surface area (Å²) in [6.45, 7) is 3.68. The number of aryl methyl sites for hydroxylation is 2. The van der Waals surface area contributed by atoms with Gasteiger partial charge in [-0.15, -0.1) is 0 Å². The number of carbonyl (C=O) groups is 1. The molecule has 20 heavy (non-hydrogen) atoms. The van der Waals surface area contributed by atoms with E-state index in [9.17, 15) is 9.59 Å². The minimum Gasteiger partial charge on any atom is -0.309 e. The van der Waals surface area contributed by atoms with E-state index in [0.717, 1.165) is 5.69 Å². The molecule has 0 atom stereocenters. The van der Waals surface area contributed by atoms with Crippen molar-refractivity contribution in [3.8, 4) is 0 Å². The third-order valence-electron chi connectivity index (χ3n) is 2.77. The molecule has 0 unspecified atom stereocenters. The van der Waals surface area contributed by atoms with Gasteiger partial charge in [0.1, 0.15) is 12.4 Å². The van der Waals surface area contributed by atoms with E-state index >= 15 is 0 Å². The Morgan fingerprint density at radius 2 is 2.20 bits per heavy atom. The third-order valence-corrected chi connectivity index (χ3v) is 2.77. The van der Waals surface area contributed by atoms with E-state index in [1.165, 1.54) is 17.0 Å². The molecule has 0 aliphatic heterocycles. The molecule has 1 amide bonds. The number of carbonyl (C=O) groups excluding carboxylic acids is 1. The highest BCUT2D eigenvalue weighted by atomic mass is 16.2. The van der Waals surface area contributed by atoms with E-state index in [-0.39, 0.29) is 18.0 Å². The van der Waals surface area contributed by atoms with Gasteiger partial charge in [-0.1, -0.05) is 13.0 Å². The molecule has 0 saturated carbocycles. The minimum absolute atomic E-state index is 0.0779. The highest BCUT2D eigenvalue weighted by Gasteiger charge is 2.06. The molecule has 1 N–H and O–H groups in total. The molecule has 0 aromatic carbocycles. The van der Waals surface area contributed by atoms with Gasteiger partial charge in [0.2, 0.25) is 5.91 Å². The predicted octanol–water partition coefficient (Wildman–Crippen LogP) is 1.15. The largest absolute Gasteiger partial charge is 0.309 e. The van der Waals surface area contributed by atoms with E-state index in [1.54, 1.807) is 6.07 Å². The number of hydrogen-bond acceptors (Lipinski definition) is 4. The summed E-state index contributed by atoms with van der Waals surface area (Å²) >= 11 is 0. The highest BCUT2D eigenvalue weighted by molar-refractivity contribution is 5.89. The first-order valence-corrected chi connectivity index (χ1v) is 6.37. The Hall–Kier alpha value is -2.50. The van der Waals surface area contributed by atoms with Gasteiger partial charge in [-0.3, -0.25) is 14.2 Å². The average Bonchev–Trinajstić information content (AvgIpc) is 2.41. The first-order valence-electron chi connectivity index (χ1n) is 6.37. The second-order valence-corrected chi connectivity index (χ2v) is 4.41. The molecule has 0 spiro atoms. The average molecular weight is 272 g/mol. The highest BCUT2D eigenvalue weighted by Crippen LogP contribution is 2.03. The Morgan fingerprint density at radius 3 is 2.85 bits per heavy atom. The van der Waals surface area contributed by atoms with Crippen molar-refractivity contribution in [3.05, 3.63) is 52.3 Å². The lowest BCUT2D eigenvalue weighted by Gasteiger charge is -2.07. The standard InChI is InChI=1S/C14H16N4O2/c1-3-11-7-14(20)18(9-15-11)8-13(19)17-12-6-4-5-10(2)16-12/h4-7,9H,3,8H2,1-2H3,(H,16,17,19). The number of pyridine rings is 1. The quantitative estimate of drug-likeness (QED) is 0.905. The lowest BCUT2D eigenvalue weighted by molar-refractivity contribution is -0.116. The van der Waals surface area contributed by atoms with Crippen LogP contribution < -0.4 is 10.9 Å². The van der Waals surface area contributed by atoms with E-state index in [2.05, 4.69) is 15.3 Å². The molecule has 0 aliphatic carbocycles. The van der Waals surface area contributed by atoms with Gasteiger partial charge < -0.3 is 5.32 Å². The van der Waals surface area contributed by atoms with E-state index in [4.69, 9.17) is 0 Å². The van der Waals surface area contributed by atoms with Gasteiger partial charge >= 0.3 is 0 Å². The monoisotopic (exact) mass is 272 g/mol. The molecule has 2 heterocycles. The molecule has 2 rings (SSSR count). The summed E-state index contributed by atoms with van der Waals surface area (Å²) in [7, 11) is 0. The summed E-state index contributed by atoms with van der Waals surface area (Å²) in [4.78, 5) is 31.9. The van der Waals surface area contributed by atoms with Gasteiger partial charge in [0, 0.05) is 17.5 Å². The molecule has 6 heteroatoms. The number of aromatic nitrogens is 3. The normalized spacial score (nSPS) is 10.3. The molecular formula is C14H16N4O2. The number of amides is 1. The van der Waals surface area contributed by atoms with Crippen LogP contribution >= 0.6 is 0 Å². The minimum atomic E-state index is -0.309. The second-order valence-electron chi connectivity index (χ2n) is 4.41. The first-order chi connectivity index (χ1) is 9.58. The van der Waals surface area contributed by atoms with Crippen LogP contribution in [0.15, 0.2) is 35.4 Å². The number of nitrogens with zero attached hydrogens (tertiary/aromatic N) is 3. The van der Waals surface area contributed by atoms with E-state index < -0.39 is 0 Å². The Labute approximate surface area is 116 Å². The van der Waals surface area contributed by atoms with Crippen molar-refractivity contribution in [2.45, 2.75) is 26.8 Å². The van der Waals surface area contributed by atoms with Gasteiger partial charge in [-0.2, -0.15) is 0 Å². The fourth-order valence-electron chi connectivity index (χ4n) is 1.73. The molecule has 104 valence electrons. The molecule has 0 radical (unpaired) electrons. The lowest BCUT2D eigenvalue weighted by atomic mass is 10.3. The molecule has 2 aromatic heterocycles.